The molecule has 1 fully saturated rings. The van der Waals surface area contributed by atoms with Gasteiger partial charge in [-0.15, -0.1) is 0 Å². The standard InChI is InChI=1S/C5H12OSSi/c7-8-5-3-1-2-4-6-5/h5,7H,1-4,8H2. The fourth-order valence-electron chi connectivity index (χ4n) is 0.951. The van der Waals surface area contributed by atoms with Crippen LogP contribution < -0.4 is 0 Å². The van der Waals surface area contributed by atoms with Crippen LogP contribution in [0.1, 0.15) is 19.3 Å². The molecule has 0 aromatic carbocycles. The van der Waals surface area contributed by atoms with E-state index in [2.05, 4.69) is 12.1 Å². The van der Waals surface area contributed by atoms with Gasteiger partial charge in [-0.05, 0) is 19.3 Å². The monoisotopic (exact) mass is 148 g/mol. The maximum absolute atomic E-state index is 5.41. The molecule has 1 rings (SSSR count). The van der Waals surface area contributed by atoms with Crippen LogP contribution in [0.2, 0.25) is 0 Å². The zero-order valence-electron chi connectivity index (χ0n) is 4.97. The molecule has 1 aliphatic rings. The van der Waals surface area contributed by atoms with Gasteiger partial charge in [0, 0.05) is 6.61 Å². The van der Waals surface area contributed by atoms with Crippen LogP contribution in [0.5, 0.6) is 0 Å². The number of thiol groups is 1. The average molecular weight is 148 g/mol. The van der Waals surface area contributed by atoms with Crippen molar-refractivity contribution >= 4 is 20.7 Å². The fraction of sp³-hybridized carbons (Fsp3) is 1.00. The first-order chi connectivity index (χ1) is 3.93. The molecule has 1 saturated heterocycles. The van der Waals surface area contributed by atoms with E-state index in [0.717, 1.165) is 6.61 Å². The zero-order chi connectivity index (χ0) is 5.82. The summed E-state index contributed by atoms with van der Waals surface area (Å²) < 4.78 is 5.41. The summed E-state index contributed by atoms with van der Waals surface area (Å²) in [7, 11) is -0.160. The van der Waals surface area contributed by atoms with Gasteiger partial charge in [0.2, 0.25) is 0 Å². The third-order valence-corrected chi connectivity index (χ3v) is 3.75. The highest BCUT2D eigenvalue weighted by atomic mass is 32.3. The van der Waals surface area contributed by atoms with Crippen LogP contribution in [0.15, 0.2) is 0 Å². The van der Waals surface area contributed by atoms with Crippen LogP contribution in [0.3, 0.4) is 0 Å². The summed E-state index contributed by atoms with van der Waals surface area (Å²) in [6, 6.07) is 0. The van der Waals surface area contributed by atoms with Crippen LogP contribution in [0.25, 0.3) is 0 Å². The molecule has 8 heavy (non-hydrogen) atoms. The smallest absolute Gasteiger partial charge is 0.114 e. The minimum Gasteiger partial charge on any atom is -0.381 e. The van der Waals surface area contributed by atoms with Gasteiger partial charge < -0.3 is 4.74 Å². The zero-order valence-corrected chi connectivity index (χ0v) is 7.28. The van der Waals surface area contributed by atoms with Gasteiger partial charge in [0.15, 0.2) is 0 Å². The third kappa shape index (κ3) is 1.80. The Labute approximate surface area is 57.7 Å². The van der Waals surface area contributed by atoms with Gasteiger partial charge in [-0.3, -0.25) is 0 Å². The van der Waals surface area contributed by atoms with Gasteiger partial charge in [-0.1, -0.05) is 0 Å². The predicted molar refractivity (Wildman–Crippen MR) is 41.1 cm³/mol. The SMILES string of the molecule is S[SiH2]C1CCCCO1. The topological polar surface area (TPSA) is 9.23 Å². The average Bonchev–Trinajstić information content (AvgIpc) is 1.90. The Morgan fingerprint density at radius 3 is 2.75 bits per heavy atom. The van der Waals surface area contributed by atoms with Crippen LogP contribution >= 0.6 is 12.1 Å². The highest BCUT2D eigenvalue weighted by Crippen LogP contribution is 2.11. The molecular weight excluding hydrogens is 136 g/mol. The van der Waals surface area contributed by atoms with Gasteiger partial charge in [0.25, 0.3) is 0 Å². The molecule has 0 bridgehead atoms. The highest BCUT2D eigenvalue weighted by Gasteiger charge is 2.10. The number of rotatable bonds is 1. The Kier molecular flexibility index (Phi) is 2.93. The molecule has 0 saturated carbocycles. The second-order valence-electron chi connectivity index (χ2n) is 2.17. The van der Waals surface area contributed by atoms with Crippen molar-refractivity contribution < 1.29 is 4.74 Å². The molecule has 0 amide bonds. The Hall–Kier alpha value is 0.527. The second-order valence-corrected chi connectivity index (χ2v) is 4.54. The van der Waals surface area contributed by atoms with Gasteiger partial charge in [-0.25, -0.2) is 12.1 Å². The Bertz CT molecular complexity index is 63.4. The molecule has 1 atom stereocenters. The van der Waals surface area contributed by atoms with Crippen molar-refractivity contribution in [3.8, 4) is 0 Å². The van der Waals surface area contributed by atoms with E-state index < -0.39 is 0 Å². The summed E-state index contributed by atoms with van der Waals surface area (Å²) >= 11 is 4.28. The lowest BCUT2D eigenvalue weighted by molar-refractivity contribution is 0.0668. The molecule has 0 spiro atoms. The molecule has 0 aromatic rings. The van der Waals surface area contributed by atoms with Crippen LogP contribution in [0.4, 0.5) is 0 Å². The van der Waals surface area contributed by atoms with Crippen molar-refractivity contribution in [2.45, 2.75) is 25.0 Å². The number of hydrogen-bond acceptors (Lipinski definition) is 2. The summed E-state index contributed by atoms with van der Waals surface area (Å²) in [6.07, 6.45) is 3.90. The fourth-order valence-corrected chi connectivity index (χ4v) is 2.56. The number of hydrogen-bond donors (Lipinski definition) is 1. The van der Waals surface area contributed by atoms with E-state index in [1.165, 1.54) is 19.3 Å². The Balaban J connectivity index is 2.13. The normalized spacial score (nSPS) is 31.9. The first-order valence-corrected chi connectivity index (χ1v) is 6.50. The lowest BCUT2D eigenvalue weighted by atomic mass is 10.2. The molecular formula is C5H12OSSi. The lowest BCUT2D eigenvalue weighted by Crippen LogP contribution is -2.22. The summed E-state index contributed by atoms with van der Waals surface area (Å²) in [5.41, 5.74) is 0.590. The highest BCUT2D eigenvalue weighted by molar-refractivity contribution is 8.07. The maximum Gasteiger partial charge on any atom is 0.114 e. The van der Waals surface area contributed by atoms with Gasteiger partial charge in [0.1, 0.15) is 8.67 Å². The Morgan fingerprint density at radius 2 is 2.38 bits per heavy atom. The molecule has 1 aliphatic heterocycles. The van der Waals surface area contributed by atoms with Crippen LogP contribution in [0, 0.1) is 0 Å². The summed E-state index contributed by atoms with van der Waals surface area (Å²) in [5.74, 6) is 0. The lowest BCUT2D eigenvalue weighted by Gasteiger charge is -2.19. The van der Waals surface area contributed by atoms with Gasteiger partial charge in [-0.2, -0.15) is 0 Å². The van der Waals surface area contributed by atoms with Crippen molar-refractivity contribution in [1.29, 1.82) is 0 Å². The van der Waals surface area contributed by atoms with E-state index in [9.17, 15) is 0 Å². The predicted octanol–water partition coefficient (Wildman–Crippen LogP) is 0.527. The summed E-state index contributed by atoms with van der Waals surface area (Å²) in [5, 5.41) is 0. The first kappa shape index (κ1) is 6.64. The number of ether oxygens (including phenoxy) is 1. The van der Waals surface area contributed by atoms with Crippen LogP contribution in [-0.4, -0.2) is 21.0 Å². The second kappa shape index (κ2) is 3.53. The third-order valence-electron chi connectivity index (χ3n) is 1.48. The molecule has 0 N–H and O–H groups in total. The molecule has 1 unspecified atom stereocenters. The molecule has 48 valence electrons. The molecule has 0 aliphatic carbocycles. The first-order valence-electron chi connectivity index (χ1n) is 3.16. The van der Waals surface area contributed by atoms with Crippen LogP contribution in [-0.2, 0) is 4.74 Å². The van der Waals surface area contributed by atoms with Gasteiger partial charge in [0.05, 0.1) is 5.73 Å². The van der Waals surface area contributed by atoms with Crippen molar-refractivity contribution in [3.63, 3.8) is 0 Å². The van der Waals surface area contributed by atoms with Gasteiger partial charge >= 0.3 is 0 Å². The van der Waals surface area contributed by atoms with Crippen molar-refractivity contribution in [2.75, 3.05) is 6.61 Å². The largest absolute Gasteiger partial charge is 0.381 e. The molecule has 0 aromatic heterocycles. The Morgan fingerprint density at radius 1 is 1.50 bits per heavy atom. The van der Waals surface area contributed by atoms with E-state index in [1.807, 2.05) is 0 Å². The summed E-state index contributed by atoms with van der Waals surface area (Å²) in [6.45, 7) is 0.984. The quantitative estimate of drug-likeness (QED) is 0.421. The van der Waals surface area contributed by atoms with E-state index in [-0.39, 0.29) is 8.67 Å². The minimum atomic E-state index is -0.160. The maximum atomic E-state index is 5.41. The van der Waals surface area contributed by atoms with E-state index in [0.29, 0.717) is 5.73 Å². The van der Waals surface area contributed by atoms with Crippen molar-refractivity contribution in [1.82, 2.24) is 0 Å². The summed E-state index contributed by atoms with van der Waals surface area (Å²) in [4.78, 5) is 0. The van der Waals surface area contributed by atoms with E-state index in [1.54, 1.807) is 0 Å². The van der Waals surface area contributed by atoms with Crippen molar-refractivity contribution in [2.24, 2.45) is 0 Å². The van der Waals surface area contributed by atoms with E-state index >= 15 is 0 Å². The minimum absolute atomic E-state index is 0.160. The molecule has 1 heterocycles. The molecule has 1 nitrogen and oxygen atoms in total. The van der Waals surface area contributed by atoms with E-state index in [4.69, 9.17) is 4.74 Å². The molecule has 0 radical (unpaired) electrons. The molecule has 3 heteroatoms. The van der Waals surface area contributed by atoms with Crippen molar-refractivity contribution in [3.05, 3.63) is 0 Å².